The maximum atomic E-state index is 9.07. The molecule has 0 amide bonds. The summed E-state index contributed by atoms with van der Waals surface area (Å²) in [6.45, 7) is 6.57. The minimum absolute atomic E-state index is 0.148. The van der Waals surface area contributed by atoms with Crippen molar-refractivity contribution in [2.45, 2.75) is 26.2 Å². The van der Waals surface area contributed by atoms with Gasteiger partial charge in [-0.05, 0) is 22.6 Å². The average Bonchev–Trinajstić information content (AvgIpc) is 2.38. The smallest absolute Gasteiger partial charge is 0.101 e. The van der Waals surface area contributed by atoms with Gasteiger partial charge in [0.1, 0.15) is 6.07 Å². The topological polar surface area (TPSA) is 36.7 Å². The van der Waals surface area contributed by atoms with Crippen molar-refractivity contribution in [1.82, 2.24) is 4.98 Å². The molecule has 2 rings (SSSR count). The van der Waals surface area contributed by atoms with Crippen LogP contribution in [0.1, 0.15) is 31.9 Å². The molecule has 2 aromatic rings. The zero-order valence-corrected chi connectivity index (χ0v) is 10.9. The molecule has 1 aromatic carbocycles. The van der Waals surface area contributed by atoms with Crippen molar-refractivity contribution in [3.8, 4) is 17.2 Å². The number of hydrogen-bond acceptors (Lipinski definition) is 2. The van der Waals surface area contributed by atoms with Crippen LogP contribution in [0.5, 0.6) is 0 Å². The van der Waals surface area contributed by atoms with E-state index >= 15 is 0 Å². The van der Waals surface area contributed by atoms with Crippen LogP contribution in [0.4, 0.5) is 0 Å². The van der Waals surface area contributed by atoms with Crippen molar-refractivity contribution in [3.63, 3.8) is 0 Å². The van der Waals surface area contributed by atoms with Crippen LogP contribution >= 0.6 is 0 Å². The van der Waals surface area contributed by atoms with E-state index in [2.05, 4.69) is 56.1 Å². The monoisotopic (exact) mass is 236 g/mol. The highest BCUT2D eigenvalue weighted by atomic mass is 14.6. The molecule has 1 aromatic heterocycles. The molecule has 0 radical (unpaired) electrons. The summed E-state index contributed by atoms with van der Waals surface area (Å²) in [6, 6.07) is 12.4. The van der Waals surface area contributed by atoms with E-state index < -0.39 is 0 Å². The zero-order valence-electron chi connectivity index (χ0n) is 10.9. The summed E-state index contributed by atoms with van der Waals surface area (Å²) >= 11 is 0. The largest absolute Gasteiger partial charge is 0.263 e. The Hall–Kier alpha value is -2.14. The molecular formula is C16H16N2. The molecule has 18 heavy (non-hydrogen) atoms. The van der Waals surface area contributed by atoms with Crippen LogP contribution in [-0.4, -0.2) is 4.98 Å². The molecule has 2 heteroatoms. The van der Waals surface area contributed by atoms with Crippen LogP contribution in [0.25, 0.3) is 11.1 Å². The van der Waals surface area contributed by atoms with Crippen LogP contribution in [0.3, 0.4) is 0 Å². The Morgan fingerprint density at radius 3 is 2.28 bits per heavy atom. The molecule has 0 aliphatic heterocycles. The molecule has 0 saturated heterocycles. The van der Waals surface area contributed by atoms with Crippen molar-refractivity contribution in [1.29, 1.82) is 5.26 Å². The number of nitriles is 1. The molecular weight excluding hydrogens is 220 g/mol. The zero-order chi connectivity index (χ0) is 13.2. The van der Waals surface area contributed by atoms with E-state index in [0.717, 1.165) is 11.1 Å². The van der Waals surface area contributed by atoms with E-state index in [1.54, 1.807) is 12.4 Å². The Bertz CT molecular complexity index is 584. The van der Waals surface area contributed by atoms with Gasteiger partial charge in [-0.2, -0.15) is 5.26 Å². The van der Waals surface area contributed by atoms with Gasteiger partial charge in [-0.15, -0.1) is 0 Å². The normalized spacial score (nSPS) is 11.0. The fourth-order valence-corrected chi connectivity index (χ4v) is 1.89. The van der Waals surface area contributed by atoms with Gasteiger partial charge in [0, 0.05) is 18.0 Å². The summed E-state index contributed by atoms with van der Waals surface area (Å²) in [7, 11) is 0. The molecule has 0 bridgehead atoms. The van der Waals surface area contributed by atoms with E-state index in [-0.39, 0.29) is 5.41 Å². The number of pyridine rings is 1. The van der Waals surface area contributed by atoms with Gasteiger partial charge in [-0.3, -0.25) is 4.98 Å². The maximum Gasteiger partial charge on any atom is 0.101 e. The van der Waals surface area contributed by atoms with E-state index in [4.69, 9.17) is 5.26 Å². The minimum Gasteiger partial charge on any atom is -0.263 e. The third-order valence-corrected chi connectivity index (χ3v) is 3.00. The van der Waals surface area contributed by atoms with Gasteiger partial charge in [0.15, 0.2) is 0 Å². The van der Waals surface area contributed by atoms with E-state index in [9.17, 15) is 0 Å². The molecule has 0 aliphatic rings. The van der Waals surface area contributed by atoms with Crippen LogP contribution < -0.4 is 0 Å². The molecule has 1 heterocycles. The van der Waals surface area contributed by atoms with E-state index in [1.807, 2.05) is 6.07 Å². The van der Waals surface area contributed by atoms with Gasteiger partial charge in [0.05, 0.1) is 5.56 Å². The molecule has 0 spiro atoms. The molecule has 0 unspecified atom stereocenters. The summed E-state index contributed by atoms with van der Waals surface area (Å²) < 4.78 is 0. The van der Waals surface area contributed by atoms with Crippen molar-refractivity contribution in [2.24, 2.45) is 0 Å². The van der Waals surface area contributed by atoms with Gasteiger partial charge < -0.3 is 0 Å². The van der Waals surface area contributed by atoms with Gasteiger partial charge in [-0.1, -0.05) is 45.0 Å². The Morgan fingerprint density at radius 2 is 1.72 bits per heavy atom. The molecule has 0 fully saturated rings. The minimum atomic E-state index is 0.148. The summed E-state index contributed by atoms with van der Waals surface area (Å²) in [4.78, 5) is 3.98. The van der Waals surface area contributed by atoms with Crippen molar-refractivity contribution in [2.75, 3.05) is 0 Å². The van der Waals surface area contributed by atoms with Crippen LogP contribution in [0.15, 0.2) is 42.7 Å². The standard InChI is InChI=1S/C16H16N2/c1-16(2,3)14-6-4-12(5-7-14)15-8-9-18-11-13(15)10-17/h4-9,11H,1-3H3. The predicted molar refractivity (Wildman–Crippen MR) is 73.1 cm³/mol. The first-order valence-electron chi connectivity index (χ1n) is 5.97. The Balaban J connectivity index is 2.45. The lowest BCUT2D eigenvalue weighted by Gasteiger charge is -2.19. The van der Waals surface area contributed by atoms with Crippen LogP contribution in [0, 0.1) is 11.3 Å². The van der Waals surface area contributed by atoms with Crippen molar-refractivity contribution >= 4 is 0 Å². The van der Waals surface area contributed by atoms with Crippen molar-refractivity contribution < 1.29 is 0 Å². The summed E-state index contributed by atoms with van der Waals surface area (Å²) in [6.07, 6.45) is 3.32. The average molecular weight is 236 g/mol. The Labute approximate surface area is 108 Å². The van der Waals surface area contributed by atoms with Gasteiger partial charge in [0.2, 0.25) is 0 Å². The third kappa shape index (κ3) is 2.41. The predicted octanol–water partition coefficient (Wildman–Crippen LogP) is 3.92. The second kappa shape index (κ2) is 4.62. The lowest BCUT2D eigenvalue weighted by Crippen LogP contribution is -2.10. The number of rotatable bonds is 1. The molecule has 0 saturated carbocycles. The summed E-state index contributed by atoms with van der Waals surface area (Å²) in [5.74, 6) is 0. The quantitative estimate of drug-likeness (QED) is 0.752. The number of aromatic nitrogens is 1. The summed E-state index contributed by atoms with van der Waals surface area (Å²) in [5.41, 5.74) is 4.05. The van der Waals surface area contributed by atoms with Crippen LogP contribution in [-0.2, 0) is 5.41 Å². The van der Waals surface area contributed by atoms with E-state index in [1.165, 1.54) is 5.56 Å². The fourth-order valence-electron chi connectivity index (χ4n) is 1.89. The molecule has 0 aliphatic carbocycles. The van der Waals surface area contributed by atoms with Crippen molar-refractivity contribution in [3.05, 3.63) is 53.9 Å². The lowest BCUT2D eigenvalue weighted by atomic mass is 9.86. The molecule has 0 N–H and O–H groups in total. The third-order valence-electron chi connectivity index (χ3n) is 3.00. The first-order valence-corrected chi connectivity index (χ1v) is 5.97. The summed E-state index contributed by atoms with van der Waals surface area (Å²) in [5, 5.41) is 9.07. The molecule has 90 valence electrons. The second-order valence-corrected chi connectivity index (χ2v) is 5.36. The van der Waals surface area contributed by atoms with Crippen LogP contribution in [0.2, 0.25) is 0 Å². The number of benzene rings is 1. The van der Waals surface area contributed by atoms with Gasteiger partial charge in [-0.25, -0.2) is 0 Å². The van der Waals surface area contributed by atoms with E-state index in [0.29, 0.717) is 5.56 Å². The highest BCUT2D eigenvalue weighted by molar-refractivity contribution is 5.69. The first-order chi connectivity index (χ1) is 8.52. The highest BCUT2D eigenvalue weighted by Gasteiger charge is 2.13. The number of nitrogens with zero attached hydrogens (tertiary/aromatic N) is 2. The first kappa shape index (κ1) is 12.3. The molecule has 2 nitrogen and oxygen atoms in total. The van der Waals surface area contributed by atoms with Gasteiger partial charge in [0.25, 0.3) is 0 Å². The lowest BCUT2D eigenvalue weighted by molar-refractivity contribution is 0.590. The fraction of sp³-hybridized carbons (Fsp3) is 0.250. The Morgan fingerprint density at radius 1 is 1.06 bits per heavy atom. The molecule has 0 atom stereocenters. The Kier molecular flexibility index (Phi) is 3.16. The number of hydrogen-bond donors (Lipinski definition) is 0. The SMILES string of the molecule is CC(C)(C)c1ccc(-c2ccncc2C#N)cc1. The second-order valence-electron chi connectivity index (χ2n) is 5.36. The van der Waals surface area contributed by atoms with Gasteiger partial charge >= 0.3 is 0 Å². The maximum absolute atomic E-state index is 9.07. The highest BCUT2D eigenvalue weighted by Crippen LogP contribution is 2.27.